The lowest BCUT2D eigenvalue weighted by Crippen LogP contribution is -2.11. The van der Waals surface area contributed by atoms with Gasteiger partial charge in [0.05, 0.1) is 0 Å². The lowest BCUT2D eigenvalue weighted by molar-refractivity contribution is 0.898. The molecule has 2 N–H and O–H groups in total. The highest BCUT2D eigenvalue weighted by molar-refractivity contribution is 5.56. The Kier molecular flexibility index (Phi) is 5.93. The van der Waals surface area contributed by atoms with Crippen molar-refractivity contribution in [1.82, 2.24) is 15.0 Å². The maximum atomic E-state index is 4.64. The molecule has 0 bridgehead atoms. The number of nitrogens with one attached hydrogen (secondary N) is 2. The molecular formula is C20H23N5. The Morgan fingerprint density at radius 2 is 1.64 bits per heavy atom. The Hall–Kier alpha value is -2.95. The fourth-order valence-electron chi connectivity index (χ4n) is 2.49. The van der Waals surface area contributed by atoms with Crippen LogP contribution < -0.4 is 10.6 Å². The summed E-state index contributed by atoms with van der Waals surface area (Å²) in [5.41, 5.74) is 3.17. The van der Waals surface area contributed by atoms with Gasteiger partial charge in [-0.3, -0.25) is 4.98 Å². The number of benzene rings is 1. The van der Waals surface area contributed by atoms with E-state index >= 15 is 0 Å². The predicted molar refractivity (Wildman–Crippen MR) is 103 cm³/mol. The third kappa shape index (κ3) is 5.01. The van der Waals surface area contributed by atoms with Crippen molar-refractivity contribution >= 4 is 11.5 Å². The van der Waals surface area contributed by atoms with Gasteiger partial charge >= 0.3 is 0 Å². The van der Waals surface area contributed by atoms with Gasteiger partial charge in [0.25, 0.3) is 0 Å². The summed E-state index contributed by atoms with van der Waals surface area (Å²) >= 11 is 0. The minimum atomic E-state index is 0.742. The maximum absolute atomic E-state index is 4.64. The third-order valence-electron chi connectivity index (χ3n) is 3.84. The van der Waals surface area contributed by atoms with Crippen LogP contribution in [0.15, 0.2) is 60.9 Å². The van der Waals surface area contributed by atoms with Crippen LogP contribution >= 0.6 is 0 Å². The molecule has 0 aliphatic heterocycles. The molecule has 0 radical (unpaired) electrons. The number of anilines is 2. The SMILES string of the molecule is CCc1cc(NCCCNc2ccccc2)nc(-c2ccncc2)n1. The first-order valence-electron chi connectivity index (χ1n) is 8.66. The van der Waals surface area contributed by atoms with Crippen molar-refractivity contribution in [2.24, 2.45) is 0 Å². The number of hydrogen-bond acceptors (Lipinski definition) is 5. The molecule has 0 atom stereocenters. The lowest BCUT2D eigenvalue weighted by Gasteiger charge is -2.10. The number of para-hydroxylation sites is 1. The van der Waals surface area contributed by atoms with E-state index in [0.717, 1.165) is 54.5 Å². The van der Waals surface area contributed by atoms with E-state index < -0.39 is 0 Å². The Morgan fingerprint density at radius 3 is 2.40 bits per heavy atom. The Bertz CT molecular complexity index is 775. The number of pyridine rings is 1. The van der Waals surface area contributed by atoms with Crippen molar-refractivity contribution in [3.8, 4) is 11.4 Å². The molecule has 0 unspecified atom stereocenters. The fraction of sp³-hybridized carbons (Fsp3) is 0.250. The van der Waals surface area contributed by atoms with E-state index in [1.165, 1.54) is 0 Å². The van der Waals surface area contributed by atoms with Gasteiger partial charge in [0.1, 0.15) is 5.82 Å². The summed E-state index contributed by atoms with van der Waals surface area (Å²) in [6, 6.07) is 16.1. The quantitative estimate of drug-likeness (QED) is 0.610. The van der Waals surface area contributed by atoms with Crippen molar-refractivity contribution in [2.75, 3.05) is 23.7 Å². The molecule has 5 heteroatoms. The number of aromatic nitrogens is 3. The molecule has 0 aliphatic rings. The van der Waals surface area contributed by atoms with E-state index in [2.05, 4.69) is 44.6 Å². The minimum Gasteiger partial charge on any atom is -0.385 e. The predicted octanol–water partition coefficient (Wildman–Crippen LogP) is 4.02. The van der Waals surface area contributed by atoms with Gasteiger partial charge in [-0.25, -0.2) is 9.97 Å². The second-order valence-corrected chi connectivity index (χ2v) is 5.73. The molecule has 3 aromatic rings. The first-order chi connectivity index (χ1) is 12.3. The smallest absolute Gasteiger partial charge is 0.161 e. The first-order valence-corrected chi connectivity index (χ1v) is 8.66. The van der Waals surface area contributed by atoms with Crippen LogP contribution in [0, 0.1) is 0 Å². The van der Waals surface area contributed by atoms with Crippen LogP contribution in [0.3, 0.4) is 0 Å². The highest BCUT2D eigenvalue weighted by Crippen LogP contribution is 2.17. The van der Waals surface area contributed by atoms with Crippen LogP contribution in [0.4, 0.5) is 11.5 Å². The number of aryl methyl sites for hydroxylation is 1. The summed E-state index contributed by atoms with van der Waals surface area (Å²) in [4.78, 5) is 13.3. The van der Waals surface area contributed by atoms with Gasteiger partial charge in [0.2, 0.25) is 0 Å². The molecule has 0 fully saturated rings. The zero-order valence-electron chi connectivity index (χ0n) is 14.4. The zero-order chi connectivity index (χ0) is 17.3. The molecule has 0 saturated carbocycles. The molecule has 0 amide bonds. The molecule has 1 aromatic carbocycles. The number of nitrogens with zero attached hydrogens (tertiary/aromatic N) is 3. The van der Waals surface area contributed by atoms with E-state index in [4.69, 9.17) is 0 Å². The van der Waals surface area contributed by atoms with Gasteiger partial charge in [-0.1, -0.05) is 25.1 Å². The summed E-state index contributed by atoms with van der Waals surface area (Å²) in [7, 11) is 0. The van der Waals surface area contributed by atoms with Crippen LogP contribution in [0.2, 0.25) is 0 Å². The average Bonchev–Trinajstić information content (AvgIpc) is 2.69. The largest absolute Gasteiger partial charge is 0.385 e. The zero-order valence-corrected chi connectivity index (χ0v) is 14.4. The molecule has 2 heterocycles. The maximum Gasteiger partial charge on any atom is 0.161 e. The summed E-state index contributed by atoms with van der Waals surface area (Å²) < 4.78 is 0. The Labute approximate surface area is 148 Å². The van der Waals surface area contributed by atoms with Crippen molar-refractivity contribution in [1.29, 1.82) is 0 Å². The van der Waals surface area contributed by atoms with Crippen LogP contribution in [0.5, 0.6) is 0 Å². The lowest BCUT2D eigenvalue weighted by atomic mass is 10.2. The second kappa shape index (κ2) is 8.78. The molecular weight excluding hydrogens is 310 g/mol. The van der Waals surface area contributed by atoms with Gasteiger partial charge in [-0.05, 0) is 37.1 Å². The summed E-state index contributed by atoms with van der Waals surface area (Å²) in [6.45, 7) is 3.88. The van der Waals surface area contributed by atoms with Gasteiger partial charge in [0.15, 0.2) is 5.82 Å². The van der Waals surface area contributed by atoms with Crippen molar-refractivity contribution in [2.45, 2.75) is 19.8 Å². The van der Waals surface area contributed by atoms with E-state index in [-0.39, 0.29) is 0 Å². The molecule has 0 saturated heterocycles. The Balaban J connectivity index is 1.56. The topological polar surface area (TPSA) is 62.7 Å². The van der Waals surface area contributed by atoms with E-state index in [0.29, 0.717) is 0 Å². The van der Waals surface area contributed by atoms with Gasteiger partial charge < -0.3 is 10.6 Å². The van der Waals surface area contributed by atoms with Gasteiger partial charge in [-0.2, -0.15) is 0 Å². The van der Waals surface area contributed by atoms with Crippen LogP contribution in [-0.4, -0.2) is 28.0 Å². The molecule has 2 aromatic heterocycles. The van der Waals surface area contributed by atoms with Crippen LogP contribution in [0.1, 0.15) is 19.0 Å². The van der Waals surface area contributed by atoms with Crippen molar-refractivity contribution in [3.63, 3.8) is 0 Å². The van der Waals surface area contributed by atoms with E-state index in [1.54, 1.807) is 12.4 Å². The van der Waals surface area contributed by atoms with Crippen LogP contribution in [0.25, 0.3) is 11.4 Å². The summed E-state index contributed by atoms with van der Waals surface area (Å²) in [6.07, 6.45) is 5.41. The molecule has 0 spiro atoms. The third-order valence-corrected chi connectivity index (χ3v) is 3.84. The number of hydrogen-bond donors (Lipinski definition) is 2. The minimum absolute atomic E-state index is 0.742. The van der Waals surface area contributed by atoms with Crippen molar-refractivity contribution in [3.05, 3.63) is 66.6 Å². The van der Waals surface area contributed by atoms with Gasteiger partial charge in [0, 0.05) is 48.5 Å². The average molecular weight is 333 g/mol. The van der Waals surface area contributed by atoms with Gasteiger partial charge in [-0.15, -0.1) is 0 Å². The Morgan fingerprint density at radius 1 is 0.880 bits per heavy atom. The molecule has 128 valence electrons. The fourth-order valence-corrected chi connectivity index (χ4v) is 2.49. The number of rotatable bonds is 8. The van der Waals surface area contributed by atoms with Crippen molar-refractivity contribution < 1.29 is 0 Å². The monoisotopic (exact) mass is 333 g/mol. The normalized spacial score (nSPS) is 10.4. The summed E-state index contributed by atoms with van der Waals surface area (Å²) in [5, 5.41) is 6.82. The summed E-state index contributed by atoms with van der Waals surface area (Å²) in [5.74, 6) is 1.62. The van der Waals surface area contributed by atoms with E-state index in [9.17, 15) is 0 Å². The second-order valence-electron chi connectivity index (χ2n) is 5.73. The van der Waals surface area contributed by atoms with Crippen LogP contribution in [-0.2, 0) is 6.42 Å². The highest BCUT2D eigenvalue weighted by atomic mass is 15.0. The molecule has 5 nitrogen and oxygen atoms in total. The molecule has 3 rings (SSSR count). The van der Waals surface area contributed by atoms with E-state index in [1.807, 2.05) is 36.4 Å². The standard InChI is InChI=1S/C20H23N5/c1-2-17-15-19(25-20(24-17)16-9-13-21-14-10-16)23-12-6-11-22-18-7-4-3-5-8-18/h3-5,7-10,13-15,22H,2,6,11-12H2,1H3,(H,23,24,25). The highest BCUT2D eigenvalue weighted by Gasteiger charge is 2.06. The molecule has 25 heavy (non-hydrogen) atoms. The first kappa shape index (κ1) is 16.9. The molecule has 0 aliphatic carbocycles.